The molecule has 0 aliphatic rings. The van der Waals surface area contributed by atoms with Crippen LogP contribution in [0.3, 0.4) is 0 Å². The standard InChI is InChI=1S/C16H16N4OS/c1-12(13-5-3-2-4-6-13)9-15(21)17-8-7-14-10-22-16-18-11-19-20(14)16/h2-6,9-11H,7-8H2,1H3,(H,17,21)/b12-9+. The molecule has 1 N–H and O–H groups in total. The van der Waals surface area contributed by atoms with Crippen LogP contribution in [-0.2, 0) is 11.2 Å². The predicted molar refractivity (Wildman–Crippen MR) is 87.7 cm³/mol. The molecule has 5 nitrogen and oxygen atoms in total. The number of hydrogen-bond donors (Lipinski definition) is 1. The first-order valence-corrected chi connectivity index (χ1v) is 7.89. The monoisotopic (exact) mass is 312 g/mol. The van der Waals surface area contributed by atoms with Crippen LogP contribution in [0.5, 0.6) is 0 Å². The second-order valence-electron chi connectivity index (χ2n) is 4.92. The molecule has 112 valence electrons. The zero-order valence-corrected chi connectivity index (χ0v) is 13.0. The molecule has 3 rings (SSSR count). The number of rotatable bonds is 5. The third kappa shape index (κ3) is 3.23. The van der Waals surface area contributed by atoms with E-state index in [-0.39, 0.29) is 5.91 Å². The zero-order chi connectivity index (χ0) is 15.4. The van der Waals surface area contributed by atoms with E-state index in [2.05, 4.69) is 15.4 Å². The summed E-state index contributed by atoms with van der Waals surface area (Å²) in [5, 5.41) is 9.08. The van der Waals surface area contributed by atoms with Gasteiger partial charge in [0.25, 0.3) is 0 Å². The minimum absolute atomic E-state index is 0.0774. The molecule has 1 aromatic carbocycles. The van der Waals surface area contributed by atoms with E-state index < -0.39 is 0 Å². The highest BCUT2D eigenvalue weighted by molar-refractivity contribution is 7.15. The minimum Gasteiger partial charge on any atom is -0.352 e. The van der Waals surface area contributed by atoms with Crippen molar-refractivity contribution in [3.05, 3.63) is 59.4 Å². The van der Waals surface area contributed by atoms with Gasteiger partial charge in [0, 0.05) is 24.4 Å². The molecule has 0 aliphatic carbocycles. The number of benzene rings is 1. The predicted octanol–water partition coefficient (Wildman–Crippen LogP) is 2.55. The number of thiazole rings is 1. The fraction of sp³-hybridized carbons (Fsp3) is 0.188. The summed E-state index contributed by atoms with van der Waals surface area (Å²) in [6, 6.07) is 9.87. The molecule has 0 saturated carbocycles. The van der Waals surface area contributed by atoms with Crippen molar-refractivity contribution in [1.29, 1.82) is 0 Å². The first kappa shape index (κ1) is 14.5. The van der Waals surface area contributed by atoms with Crippen LogP contribution in [0.4, 0.5) is 0 Å². The highest BCUT2D eigenvalue weighted by Crippen LogP contribution is 2.13. The van der Waals surface area contributed by atoms with Crippen LogP contribution >= 0.6 is 11.3 Å². The average molecular weight is 312 g/mol. The van der Waals surface area contributed by atoms with Crippen molar-refractivity contribution < 1.29 is 4.79 Å². The van der Waals surface area contributed by atoms with Crippen molar-refractivity contribution >= 4 is 27.8 Å². The fourth-order valence-corrected chi connectivity index (χ4v) is 3.02. The number of hydrogen-bond acceptors (Lipinski definition) is 4. The van der Waals surface area contributed by atoms with Crippen LogP contribution in [-0.4, -0.2) is 27.0 Å². The van der Waals surface area contributed by atoms with Gasteiger partial charge in [-0.2, -0.15) is 5.10 Å². The number of allylic oxidation sites excluding steroid dienone is 1. The van der Waals surface area contributed by atoms with Crippen molar-refractivity contribution in [2.24, 2.45) is 0 Å². The van der Waals surface area contributed by atoms with E-state index in [9.17, 15) is 4.79 Å². The number of carbonyl (C=O) groups excluding carboxylic acids is 1. The van der Waals surface area contributed by atoms with E-state index in [1.165, 1.54) is 0 Å². The van der Waals surface area contributed by atoms with E-state index in [0.29, 0.717) is 6.54 Å². The van der Waals surface area contributed by atoms with Crippen LogP contribution in [0.1, 0.15) is 18.2 Å². The van der Waals surface area contributed by atoms with Gasteiger partial charge in [0.1, 0.15) is 6.33 Å². The number of carbonyl (C=O) groups is 1. The first-order valence-electron chi connectivity index (χ1n) is 7.01. The second-order valence-corrected chi connectivity index (χ2v) is 5.75. The SMILES string of the molecule is C/C(=C\C(=O)NCCc1csc2ncnn12)c1ccccc1. The Bertz CT molecular complexity index is 804. The van der Waals surface area contributed by atoms with E-state index >= 15 is 0 Å². The lowest BCUT2D eigenvalue weighted by atomic mass is 10.1. The molecule has 0 aliphatic heterocycles. The molecule has 0 bridgehead atoms. The van der Waals surface area contributed by atoms with Gasteiger partial charge in [-0.25, -0.2) is 9.50 Å². The lowest BCUT2D eigenvalue weighted by Crippen LogP contribution is -2.24. The van der Waals surface area contributed by atoms with Crippen molar-refractivity contribution in [2.45, 2.75) is 13.3 Å². The normalized spacial score (nSPS) is 11.8. The molecule has 0 saturated heterocycles. The summed E-state index contributed by atoms with van der Waals surface area (Å²) < 4.78 is 1.81. The third-order valence-electron chi connectivity index (χ3n) is 3.35. The molecule has 22 heavy (non-hydrogen) atoms. The topological polar surface area (TPSA) is 59.3 Å². The number of nitrogens with zero attached hydrogens (tertiary/aromatic N) is 3. The summed E-state index contributed by atoms with van der Waals surface area (Å²) in [5.74, 6) is -0.0774. The molecule has 0 unspecified atom stereocenters. The van der Waals surface area contributed by atoms with Gasteiger partial charge >= 0.3 is 0 Å². The second kappa shape index (κ2) is 6.53. The minimum atomic E-state index is -0.0774. The summed E-state index contributed by atoms with van der Waals surface area (Å²) in [4.78, 5) is 17.0. The summed E-state index contributed by atoms with van der Waals surface area (Å²) in [6.45, 7) is 2.51. The molecule has 0 fully saturated rings. The molecule has 6 heteroatoms. The number of aromatic nitrogens is 3. The van der Waals surface area contributed by atoms with Crippen molar-refractivity contribution in [2.75, 3.05) is 6.54 Å². The van der Waals surface area contributed by atoms with Crippen molar-refractivity contribution in [1.82, 2.24) is 19.9 Å². The van der Waals surface area contributed by atoms with E-state index in [1.807, 2.05) is 47.2 Å². The molecular formula is C16H16N4OS. The third-order valence-corrected chi connectivity index (χ3v) is 4.23. The Morgan fingerprint density at radius 3 is 3.00 bits per heavy atom. The van der Waals surface area contributed by atoms with Crippen LogP contribution in [0.15, 0.2) is 48.1 Å². The van der Waals surface area contributed by atoms with Crippen LogP contribution in [0, 0.1) is 0 Å². The zero-order valence-electron chi connectivity index (χ0n) is 12.2. The molecule has 0 spiro atoms. The smallest absolute Gasteiger partial charge is 0.244 e. The Morgan fingerprint density at radius 1 is 1.36 bits per heavy atom. The van der Waals surface area contributed by atoms with Crippen LogP contribution < -0.4 is 5.32 Å². The summed E-state index contributed by atoms with van der Waals surface area (Å²) in [6.07, 6.45) is 3.90. The van der Waals surface area contributed by atoms with Crippen molar-refractivity contribution in [3.8, 4) is 0 Å². The fourth-order valence-electron chi connectivity index (χ4n) is 2.19. The number of nitrogens with one attached hydrogen (secondary N) is 1. The van der Waals surface area contributed by atoms with Gasteiger partial charge in [0.15, 0.2) is 0 Å². The van der Waals surface area contributed by atoms with Gasteiger partial charge in [0.2, 0.25) is 10.9 Å². The Hall–Kier alpha value is -2.47. The van der Waals surface area contributed by atoms with Gasteiger partial charge < -0.3 is 5.32 Å². The number of fused-ring (bicyclic) bond motifs is 1. The van der Waals surface area contributed by atoms with Crippen LogP contribution in [0.25, 0.3) is 10.5 Å². The molecule has 2 aromatic heterocycles. The highest BCUT2D eigenvalue weighted by Gasteiger charge is 2.06. The van der Waals surface area contributed by atoms with E-state index in [1.54, 1.807) is 23.7 Å². The summed E-state index contributed by atoms with van der Waals surface area (Å²) in [5.41, 5.74) is 3.06. The van der Waals surface area contributed by atoms with Gasteiger partial charge in [-0.1, -0.05) is 30.3 Å². The van der Waals surface area contributed by atoms with Gasteiger partial charge in [-0.3, -0.25) is 4.79 Å². The van der Waals surface area contributed by atoms with E-state index in [4.69, 9.17) is 0 Å². The molecule has 2 heterocycles. The molecular weight excluding hydrogens is 296 g/mol. The average Bonchev–Trinajstić information content (AvgIpc) is 3.13. The highest BCUT2D eigenvalue weighted by atomic mass is 32.1. The Balaban J connectivity index is 1.55. The maximum absolute atomic E-state index is 11.9. The summed E-state index contributed by atoms with van der Waals surface area (Å²) >= 11 is 1.55. The van der Waals surface area contributed by atoms with Crippen LogP contribution in [0.2, 0.25) is 0 Å². The molecule has 3 aromatic rings. The van der Waals surface area contributed by atoms with Crippen molar-refractivity contribution in [3.63, 3.8) is 0 Å². The Morgan fingerprint density at radius 2 is 2.18 bits per heavy atom. The van der Waals surface area contributed by atoms with Gasteiger partial charge in [0.05, 0.1) is 5.69 Å². The quantitative estimate of drug-likeness (QED) is 0.737. The first-order chi connectivity index (χ1) is 10.7. The van der Waals surface area contributed by atoms with Gasteiger partial charge in [-0.05, 0) is 18.1 Å². The van der Waals surface area contributed by atoms with Gasteiger partial charge in [-0.15, -0.1) is 11.3 Å². The number of amides is 1. The lowest BCUT2D eigenvalue weighted by molar-refractivity contribution is -0.116. The summed E-state index contributed by atoms with van der Waals surface area (Å²) in [7, 11) is 0. The largest absolute Gasteiger partial charge is 0.352 e. The molecule has 1 amide bonds. The van der Waals surface area contributed by atoms with E-state index in [0.717, 1.165) is 28.2 Å². The maximum Gasteiger partial charge on any atom is 0.244 e. The lowest BCUT2D eigenvalue weighted by Gasteiger charge is -2.04. The molecule has 0 atom stereocenters. The Kier molecular flexibility index (Phi) is 4.29. The maximum atomic E-state index is 11.9. The molecule has 0 radical (unpaired) electrons. The Labute approximate surface area is 132 Å².